The Hall–Kier alpha value is -1.13. The van der Waals surface area contributed by atoms with E-state index < -0.39 is 12.0 Å². The van der Waals surface area contributed by atoms with E-state index in [2.05, 4.69) is 10.4 Å². The smallest absolute Gasteiger partial charge is 0.330 e. The minimum absolute atomic E-state index is 0.491. The molecule has 0 aliphatic carbocycles. The first-order valence-corrected chi connectivity index (χ1v) is 2.25. The number of rotatable bonds is 2. The summed E-state index contributed by atoms with van der Waals surface area (Å²) < 4.78 is 0. The molecule has 0 aliphatic rings. The number of hydrogen-bond donors (Lipinski definition) is 3. The Balaban J connectivity index is 2.50. The van der Waals surface area contributed by atoms with Crippen LogP contribution in [-0.2, 0) is 4.79 Å². The van der Waals surface area contributed by atoms with Gasteiger partial charge in [0.15, 0.2) is 6.04 Å². The van der Waals surface area contributed by atoms with E-state index in [0.717, 1.165) is 0 Å². The van der Waals surface area contributed by atoms with Crippen LogP contribution in [0.15, 0.2) is 0 Å². The number of carboxylic acids is 1. The summed E-state index contributed by atoms with van der Waals surface area (Å²) in [5.41, 5.74) is 0. The lowest BCUT2D eigenvalue weighted by Crippen LogP contribution is -2.10. The maximum absolute atomic E-state index is 10.1. The number of hydrogen-bond acceptors (Lipinski definition) is 1. The molecule has 0 radical (unpaired) electrons. The monoisotopic (exact) mass is 117 g/mol. The number of aromatic amines is 2. The van der Waals surface area contributed by atoms with Gasteiger partial charge in [0, 0.05) is 0 Å². The average molecular weight is 117 g/mol. The lowest BCUT2D eigenvalue weighted by atomic mass is 10.4. The van der Waals surface area contributed by atoms with E-state index in [1.165, 1.54) is 4.80 Å². The van der Waals surface area contributed by atoms with E-state index in [4.69, 9.17) is 5.11 Å². The summed E-state index contributed by atoms with van der Waals surface area (Å²) in [5, 5.41) is 13.3. The molecule has 46 valence electrons. The normalized spacial score (nSPS) is 14.1. The van der Waals surface area contributed by atoms with Crippen molar-refractivity contribution in [1.29, 1.82) is 0 Å². The molecule has 1 aromatic heterocycles. The first kappa shape index (κ1) is 5.02. The number of aliphatic carboxylic acids is 1. The van der Waals surface area contributed by atoms with Crippen molar-refractivity contribution in [2.75, 3.05) is 0 Å². The maximum atomic E-state index is 10.1. The van der Waals surface area contributed by atoms with Crippen LogP contribution in [0.2, 0.25) is 0 Å². The van der Waals surface area contributed by atoms with Crippen LogP contribution in [0, 0.1) is 0 Å². The molecule has 0 amide bonds. The molecule has 8 heavy (non-hydrogen) atoms. The Morgan fingerprint density at radius 1 is 1.75 bits per heavy atom. The van der Waals surface area contributed by atoms with Crippen molar-refractivity contribution in [3.8, 4) is 0 Å². The van der Waals surface area contributed by atoms with Crippen LogP contribution < -0.4 is 0 Å². The number of aromatic nitrogens is 3. The predicted octanol–water partition coefficient (Wildman–Crippen LogP) is -0.210. The van der Waals surface area contributed by atoms with Crippen molar-refractivity contribution in [1.82, 2.24) is 15.2 Å². The molecule has 1 rings (SSSR count). The number of nitrogens with zero attached hydrogens (tertiary/aromatic N) is 1. The van der Waals surface area contributed by atoms with Gasteiger partial charge in [0.05, 0.1) is 0 Å². The lowest BCUT2D eigenvalue weighted by Gasteiger charge is -1.94. The van der Waals surface area contributed by atoms with E-state index in [1.54, 1.807) is 6.92 Å². The SMILES string of the molecule is CC(C(=O)O)n1[nH][nH]1. The van der Waals surface area contributed by atoms with E-state index in [1.807, 2.05) is 0 Å². The fourth-order valence-electron chi connectivity index (χ4n) is 0.333. The number of H-pyrrole nitrogens is 2. The summed E-state index contributed by atoms with van der Waals surface area (Å²) in [6.45, 7) is 1.58. The Morgan fingerprint density at radius 3 is 2.38 bits per heavy atom. The van der Waals surface area contributed by atoms with Gasteiger partial charge in [0.1, 0.15) is 0 Å². The quantitative estimate of drug-likeness (QED) is 0.501. The molecule has 0 bridgehead atoms. The zero-order valence-electron chi connectivity index (χ0n) is 4.38. The van der Waals surface area contributed by atoms with Gasteiger partial charge in [0.2, 0.25) is 0 Å². The van der Waals surface area contributed by atoms with Crippen molar-refractivity contribution in [2.24, 2.45) is 0 Å². The molecule has 3 N–H and O–H groups in total. The van der Waals surface area contributed by atoms with Gasteiger partial charge in [-0.05, 0) is 6.92 Å². The minimum Gasteiger partial charge on any atom is -0.480 e. The molecule has 1 atom stereocenters. The predicted molar refractivity (Wildman–Crippen MR) is 25.5 cm³/mol. The molecular weight excluding hydrogens is 110 g/mol. The van der Waals surface area contributed by atoms with Gasteiger partial charge in [-0.15, -0.1) is 0 Å². The first-order valence-electron chi connectivity index (χ1n) is 2.25. The maximum Gasteiger partial charge on any atom is 0.330 e. The van der Waals surface area contributed by atoms with Crippen molar-refractivity contribution in [2.45, 2.75) is 13.0 Å². The van der Waals surface area contributed by atoms with Gasteiger partial charge < -0.3 is 5.11 Å². The highest BCUT2D eigenvalue weighted by Gasteiger charge is 2.14. The Kier molecular flexibility index (Phi) is 0.896. The first-order chi connectivity index (χ1) is 3.72. The van der Waals surface area contributed by atoms with Gasteiger partial charge in [0.25, 0.3) is 0 Å². The van der Waals surface area contributed by atoms with Gasteiger partial charge >= 0.3 is 5.97 Å². The van der Waals surface area contributed by atoms with Crippen molar-refractivity contribution >= 4 is 5.97 Å². The molecule has 1 heterocycles. The fourth-order valence-corrected chi connectivity index (χ4v) is 0.333. The molecule has 5 nitrogen and oxygen atoms in total. The van der Waals surface area contributed by atoms with Gasteiger partial charge in [-0.25, -0.2) is 15.2 Å². The molecular formula is C3H7N3O2. The van der Waals surface area contributed by atoms with Crippen LogP contribution in [0.4, 0.5) is 0 Å². The van der Waals surface area contributed by atoms with Gasteiger partial charge in [-0.1, -0.05) is 0 Å². The van der Waals surface area contributed by atoms with Crippen LogP contribution >= 0.6 is 0 Å². The third kappa shape index (κ3) is 0.749. The molecule has 0 saturated heterocycles. The van der Waals surface area contributed by atoms with Crippen LogP contribution in [0.1, 0.15) is 13.0 Å². The number of carbonyl (C=O) groups is 1. The van der Waals surface area contributed by atoms with E-state index in [9.17, 15) is 4.79 Å². The zero-order chi connectivity index (χ0) is 6.15. The molecule has 1 unspecified atom stereocenters. The number of carboxylic acid groups (broad SMARTS) is 1. The van der Waals surface area contributed by atoms with E-state index in [-0.39, 0.29) is 0 Å². The summed E-state index contributed by atoms with van der Waals surface area (Å²) in [6.07, 6.45) is 0. The van der Waals surface area contributed by atoms with Crippen LogP contribution in [0.25, 0.3) is 0 Å². The van der Waals surface area contributed by atoms with Gasteiger partial charge in [-0.2, -0.15) is 4.80 Å². The van der Waals surface area contributed by atoms with Crippen LogP contribution in [0.3, 0.4) is 0 Å². The van der Waals surface area contributed by atoms with Crippen molar-refractivity contribution in [3.63, 3.8) is 0 Å². The summed E-state index contributed by atoms with van der Waals surface area (Å²) in [4.78, 5) is 11.5. The zero-order valence-corrected chi connectivity index (χ0v) is 4.38. The van der Waals surface area contributed by atoms with E-state index >= 15 is 0 Å². The summed E-state index contributed by atoms with van der Waals surface area (Å²) in [6, 6.07) is -0.491. The van der Waals surface area contributed by atoms with Gasteiger partial charge in [-0.3, -0.25) is 0 Å². The fraction of sp³-hybridized carbons (Fsp3) is 0.667. The highest BCUT2D eigenvalue weighted by Crippen LogP contribution is 1.99. The van der Waals surface area contributed by atoms with Crippen molar-refractivity contribution in [3.05, 3.63) is 0 Å². The molecule has 1 aromatic rings. The third-order valence-electron chi connectivity index (χ3n) is 0.986. The summed E-state index contributed by atoms with van der Waals surface area (Å²) in [7, 11) is 0. The summed E-state index contributed by atoms with van der Waals surface area (Å²) in [5.74, 6) is -0.845. The highest BCUT2D eigenvalue weighted by molar-refractivity contribution is 5.70. The Labute approximate surface area is 45.2 Å². The van der Waals surface area contributed by atoms with Crippen molar-refractivity contribution < 1.29 is 9.90 Å². The van der Waals surface area contributed by atoms with Crippen LogP contribution in [-0.4, -0.2) is 26.3 Å². The molecule has 0 aliphatic heterocycles. The van der Waals surface area contributed by atoms with Crippen LogP contribution in [0.5, 0.6) is 0 Å². The molecule has 0 saturated carbocycles. The van der Waals surface area contributed by atoms with E-state index in [0.29, 0.717) is 0 Å². The Bertz CT molecular complexity index is 164. The standard InChI is InChI=1S/C3H7N3O2/c1-2(3(7)8)6-4-5-6/h2,4-5H,1H3,(H,7,8). The highest BCUT2D eigenvalue weighted by atomic mass is 16.4. The largest absolute Gasteiger partial charge is 0.480 e. The third-order valence-corrected chi connectivity index (χ3v) is 0.986. The molecule has 5 heteroatoms. The molecule has 0 spiro atoms. The average Bonchev–Trinajstić information content (AvgIpc) is 2.43. The second-order valence-corrected chi connectivity index (χ2v) is 1.61. The molecule has 0 fully saturated rings. The second-order valence-electron chi connectivity index (χ2n) is 1.61. The Morgan fingerprint density at radius 2 is 2.25 bits per heavy atom. The minimum atomic E-state index is -0.845. The number of nitrogens with one attached hydrogen (secondary N) is 2. The topological polar surface area (TPSA) is 73.8 Å². The lowest BCUT2D eigenvalue weighted by molar-refractivity contribution is -0.140. The second kappa shape index (κ2) is 1.43. The summed E-state index contributed by atoms with van der Waals surface area (Å²) >= 11 is 0. The molecule has 0 aromatic carbocycles.